The zero-order valence-corrected chi connectivity index (χ0v) is 8.44. The summed E-state index contributed by atoms with van der Waals surface area (Å²) in [5, 5.41) is 9.22. The van der Waals surface area contributed by atoms with E-state index in [1.807, 2.05) is 6.92 Å². The molecule has 0 spiro atoms. The first-order valence-electron chi connectivity index (χ1n) is 5.10. The third-order valence-electron chi connectivity index (χ3n) is 2.62. The third kappa shape index (κ3) is 2.14. The molecule has 0 amide bonds. The minimum Gasteiger partial charge on any atom is -0.393 e. The van der Waals surface area contributed by atoms with Crippen LogP contribution in [0.3, 0.4) is 0 Å². The summed E-state index contributed by atoms with van der Waals surface area (Å²) < 4.78 is 5.14. The van der Waals surface area contributed by atoms with Crippen LogP contribution in [0.25, 0.3) is 0 Å². The van der Waals surface area contributed by atoms with Crippen LogP contribution in [0.4, 0.5) is 0 Å². The van der Waals surface area contributed by atoms with Crippen LogP contribution in [0.15, 0.2) is 24.3 Å². The van der Waals surface area contributed by atoms with Crippen molar-refractivity contribution in [2.75, 3.05) is 13.2 Å². The Morgan fingerprint density at radius 2 is 2.00 bits per heavy atom. The molecule has 2 heteroatoms. The lowest BCUT2D eigenvalue weighted by Crippen LogP contribution is -2.24. The van der Waals surface area contributed by atoms with E-state index in [1.165, 1.54) is 11.1 Å². The molecule has 0 aliphatic carbocycles. The summed E-state index contributed by atoms with van der Waals surface area (Å²) in [6.07, 6.45) is 0.481. The van der Waals surface area contributed by atoms with E-state index < -0.39 is 0 Å². The van der Waals surface area contributed by atoms with Gasteiger partial charge in [-0.2, -0.15) is 0 Å². The standard InChI is InChI=1S/C12H16O2/c1-9(13)6-10-2-4-11(5-3-10)12-7-14-8-12/h2-5,9,12-13H,6-8H2,1H3. The lowest BCUT2D eigenvalue weighted by Gasteiger charge is -2.26. The van der Waals surface area contributed by atoms with E-state index in [1.54, 1.807) is 0 Å². The van der Waals surface area contributed by atoms with Gasteiger partial charge >= 0.3 is 0 Å². The minimum absolute atomic E-state index is 0.257. The molecular weight excluding hydrogens is 176 g/mol. The molecule has 0 bridgehead atoms. The summed E-state index contributed by atoms with van der Waals surface area (Å²) >= 11 is 0. The number of aliphatic hydroxyl groups excluding tert-OH is 1. The molecule has 1 unspecified atom stereocenters. The molecule has 0 saturated carbocycles. The van der Waals surface area contributed by atoms with E-state index in [2.05, 4.69) is 24.3 Å². The Balaban J connectivity index is 2.02. The number of benzene rings is 1. The molecule has 1 aromatic rings. The van der Waals surface area contributed by atoms with Crippen molar-refractivity contribution >= 4 is 0 Å². The number of rotatable bonds is 3. The topological polar surface area (TPSA) is 29.5 Å². The highest BCUT2D eigenvalue weighted by atomic mass is 16.5. The molecule has 1 aliphatic heterocycles. The van der Waals surface area contributed by atoms with Crippen molar-refractivity contribution in [2.45, 2.75) is 25.4 Å². The molecule has 1 aliphatic rings. The van der Waals surface area contributed by atoms with Gasteiger partial charge in [0.1, 0.15) is 0 Å². The second-order valence-electron chi connectivity index (χ2n) is 4.03. The molecule has 1 atom stereocenters. The Morgan fingerprint density at radius 1 is 1.36 bits per heavy atom. The molecule has 1 saturated heterocycles. The summed E-state index contributed by atoms with van der Waals surface area (Å²) in [6, 6.07) is 8.48. The van der Waals surface area contributed by atoms with E-state index in [0.717, 1.165) is 19.6 Å². The Bertz CT molecular complexity index is 286. The van der Waals surface area contributed by atoms with Crippen molar-refractivity contribution in [2.24, 2.45) is 0 Å². The Labute approximate surface area is 84.5 Å². The second kappa shape index (κ2) is 4.11. The van der Waals surface area contributed by atoms with Gasteiger partial charge in [-0.05, 0) is 24.5 Å². The summed E-state index contributed by atoms with van der Waals surface area (Å²) in [4.78, 5) is 0. The van der Waals surface area contributed by atoms with Gasteiger partial charge < -0.3 is 9.84 Å². The first-order valence-corrected chi connectivity index (χ1v) is 5.10. The molecule has 1 heterocycles. The molecular formula is C12H16O2. The molecule has 1 aromatic carbocycles. The number of hydrogen-bond acceptors (Lipinski definition) is 2. The highest BCUT2D eigenvalue weighted by molar-refractivity contribution is 5.26. The summed E-state index contributed by atoms with van der Waals surface area (Å²) in [7, 11) is 0. The zero-order chi connectivity index (χ0) is 9.97. The number of hydrogen-bond donors (Lipinski definition) is 1. The lowest BCUT2D eigenvalue weighted by molar-refractivity contribution is 0.00841. The fourth-order valence-electron chi connectivity index (χ4n) is 1.70. The van der Waals surface area contributed by atoms with Gasteiger partial charge in [0.15, 0.2) is 0 Å². The van der Waals surface area contributed by atoms with Crippen molar-refractivity contribution in [3.05, 3.63) is 35.4 Å². The Hall–Kier alpha value is -0.860. The zero-order valence-electron chi connectivity index (χ0n) is 8.44. The highest BCUT2D eigenvalue weighted by Crippen LogP contribution is 2.24. The molecule has 1 fully saturated rings. The van der Waals surface area contributed by atoms with Crippen LogP contribution in [-0.2, 0) is 11.2 Å². The number of aliphatic hydroxyl groups is 1. The lowest BCUT2D eigenvalue weighted by atomic mass is 9.96. The van der Waals surface area contributed by atoms with Gasteiger partial charge in [-0.3, -0.25) is 0 Å². The van der Waals surface area contributed by atoms with Crippen molar-refractivity contribution < 1.29 is 9.84 Å². The van der Waals surface area contributed by atoms with Crippen molar-refractivity contribution in [1.29, 1.82) is 0 Å². The van der Waals surface area contributed by atoms with Gasteiger partial charge in [-0.25, -0.2) is 0 Å². The molecule has 14 heavy (non-hydrogen) atoms. The molecule has 0 radical (unpaired) electrons. The Morgan fingerprint density at radius 3 is 2.43 bits per heavy atom. The van der Waals surface area contributed by atoms with Crippen molar-refractivity contribution in [3.63, 3.8) is 0 Å². The Kier molecular flexibility index (Phi) is 2.85. The van der Waals surface area contributed by atoms with Crippen LogP contribution in [0.1, 0.15) is 24.0 Å². The quantitative estimate of drug-likeness (QED) is 0.790. The van der Waals surface area contributed by atoms with Crippen molar-refractivity contribution in [3.8, 4) is 0 Å². The molecule has 2 nitrogen and oxygen atoms in total. The maximum Gasteiger partial charge on any atom is 0.0557 e. The largest absolute Gasteiger partial charge is 0.393 e. The van der Waals surface area contributed by atoms with Gasteiger partial charge in [-0.15, -0.1) is 0 Å². The average Bonchev–Trinajstić information content (AvgIpc) is 2.04. The first kappa shape index (κ1) is 9.69. The average molecular weight is 192 g/mol. The van der Waals surface area contributed by atoms with Gasteiger partial charge in [0.2, 0.25) is 0 Å². The fraction of sp³-hybridized carbons (Fsp3) is 0.500. The van der Waals surface area contributed by atoms with Crippen LogP contribution in [-0.4, -0.2) is 24.4 Å². The smallest absolute Gasteiger partial charge is 0.0557 e. The summed E-state index contributed by atoms with van der Waals surface area (Å²) in [6.45, 7) is 3.53. The van der Waals surface area contributed by atoms with Gasteiger partial charge in [0.05, 0.1) is 19.3 Å². The number of ether oxygens (including phenoxy) is 1. The van der Waals surface area contributed by atoms with Crippen LogP contribution in [0.2, 0.25) is 0 Å². The summed E-state index contributed by atoms with van der Waals surface area (Å²) in [5.41, 5.74) is 2.55. The van der Waals surface area contributed by atoms with Gasteiger partial charge in [0, 0.05) is 5.92 Å². The molecule has 1 N–H and O–H groups in total. The third-order valence-corrected chi connectivity index (χ3v) is 2.62. The van der Waals surface area contributed by atoms with E-state index in [0.29, 0.717) is 5.92 Å². The first-order chi connectivity index (χ1) is 6.75. The monoisotopic (exact) mass is 192 g/mol. The maximum absolute atomic E-state index is 9.22. The maximum atomic E-state index is 9.22. The van der Waals surface area contributed by atoms with Gasteiger partial charge in [-0.1, -0.05) is 24.3 Å². The fourth-order valence-corrected chi connectivity index (χ4v) is 1.70. The van der Waals surface area contributed by atoms with Crippen LogP contribution >= 0.6 is 0 Å². The van der Waals surface area contributed by atoms with Crippen LogP contribution in [0, 0.1) is 0 Å². The molecule has 0 aromatic heterocycles. The summed E-state index contributed by atoms with van der Waals surface area (Å²) in [5.74, 6) is 0.593. The van der Waals surface area contributed by atoms with Gasteiger partial charge in [0.25, 0.3) is 0 Å². The van der Waals surface area contributed by atoms with E-state index in [4.69, 9.17) is 4.74 Å². The van der Waals surface area contributed by atoms with E-state index in [9.17, 15) is 5.11 Å². The van der Waals surface area contributed by atoms with E-state index in [-0.39, 0.29) is 6.10 Å². The predicted octanol–water partition coefficient (Wildman–Crippen LogP) is 1.72. The van der Waals surface area contributed by atoms with E-state index >= 15 is 0 Å². The minimum atomic E-state index is -0.257. The van der Waals surface area contributed by atoms with Crippen LogP contribution in [0.5, 0.6) is 0 Å². The SMILES string of the molecule is CC(O)Cc1ccc(C2COC2)cc1. The van der Waals surface area contributed by atoms with Crippen molar-refractivity contribution in [1.82, 2.24) is 0 Å². The molecule has 2 rings (SSSR count). The second-order valence-corrected chi connectivity index (χ2v) is 4.03. The van der Waals surface area contributed by atoms with Crippen LogP contribution < -0.4 is 0 Å². The molecule has 76 valence electrons. The normalized spacial score (nSPS) is 19.0. The highest BCUT2D eigenvalue weighted by Gasteiger charge is 2.19. The predicted molar refractivity (Wildman–Crippen MR) is 55.4 cm³/mol.